The van der Waals surface area contributed by atoms with Gasteiger partial charge < -0.3 is 4.90 Å². The highest BCUT2D eigenvalue weighted by Crippen LogP contribution is 2.38. The Morgan fingerprint density at radius 1 is 0.500 bits per heavy atom. The van der Waals surface area contributed by atoms with Gasteiger partial charge in [-0.05, 0) is 58.5 Å². The third-order valence-electron chi connectivity index (χ3n) is 6.94. The fourth-order valence-corrected chi connectivity index (χ4v) is 5.45. The smallest absolute Gasteiger partial charge is 0.113 e. The molecule has 0 radical (unpaired) electrons. The van der Waals surface area contributed by atoms with Gasteiger partial charge in [0, 0.05) is 28.2 Å². The quantitative estimate of drug-likeness (QED) is 0.231. The molecule has 1 heterocycles. The highest BCUT2D eigenvalue weighted by atomic mass is 32.1. The van der Waals surface area contributed by atoms with E-state index in [1.165, 1.54) is 22.9 Å². The molecule has 0 aliphatic rings. The van der Waals surface area contributed by atoms with Crippen LogP contribution in [-0.4, -0.2) is 8.75 Å². The molecule has 1 aromatic heterocycles. The molecule has 0 amide bonds. The van der Waals surface area contributed by atoms with E-state index >= 15 is 0 Å². The monoisotopic (exact) mass is 511 g/mol. The average Bonchev–Trinajstić information content (AvgIpc) is 3.44. The molecule has 3 nitrogen and oxygen atoms in total. The summed E-state index contributed by atoms with van der Waals surface area (Å²) in [5.74, 6) is 0. The molecule has 0 unspecified atom stereocenters. The van der Waals surface area contributed by atoms with Crippen molar-refractivity contribution in [2.24, 2.45) is 0 Å². The summed E-state index contributed by atoms with van der Waals surface area (Å²) in [5, 5.41) is 0. The zero-order valence-electron chi connectivity index (χ0n) is 21.8. The van der Waals surface area contributed by atoms with E-state index in [1.807, 2.05) is 12.1 Å². The SMILES string of the molecule is CC(C)(C)c1ccc(-c2ccc(-c3ccc(N(c4ccccc4)c4ccccc4)cc3)c3nsnc23)cc1. The standard InChI is InChI=1S/C34H29N3S/c1-34(2,3)26-18-14-24(15-19-26)30-22-23-31(33-32(30)35-38-36-33)25-16-20-29(21-17-25)37(27-10-6-4-7-11-27)28-12-8-5-9-13-28/h4-23H,1-3H3. The Bertz CT molecular complexity index is 1630. The molecule has 38 heavy (non-hydrogen) atoms. The van der Waals surface area contributed by atoms with Gasteiger partial charge in [-0.3, -0.25) is 0 Å². The molecule has 0 aliphatic heterocycles. The van der Waals surface area contributed by atoms with Crippen molar-refractivity contribution >= 4 is 39.8 Å². The highest BCUT2D eigenvalue weighted by molar-refractivity contribution is 7.00. The minimum atomic E-state index is 0.128. The molecule has 0 N–H and O–H groups in total. The van der Waals surface area contributed by atoms with E-state index < -0.39 is 0 Å². The molecule has 6 aromatic rings. The highest BCUT2D eigenvalue weighted by Gasteiger charge is 2.17. The first-order valence-electron chi connectivity index (χ1n) is 12.9. The third-order valence-corrected chi connectivity index (χ3v) is 7.47. The average molecular weight is 512 g/mol. The Hall–Kier alpha value is -4.28. The molecule has 0 saturated heterocycles. The number of rotatable bonds is 5. The lowest BCUT2D eigenvalue weighted by molar-refractivity contribution is 0.590. The van der Waals surface area contributed by atoms with Crippen LogP contribution in [0, 0.1) is 0 Å². The van der Waals surface area contributed by atoms with Gasteiger partial charge in [0.1, 0.15) is 11.0 Å². The molecule has 0 atom stereocenters. The number of benzene rings is 5. The predicted octanol–water partition coefficient (Wildman–Crippen LogP) is 9.79. The summed E-state index contributed by atoms with van der Waals surface area (Å²) in [6.45, 7) is 6.72. The van der Waals surface area contributed by atoms with Gasteiger partial charge in [0.2, 0.25) is 0 Å². The van der Waals surface area contributed by atoms with E-state index in [9.17, 15) is 0 Å². The molecule has 0 bridgehead atoms. The van der Waals surface area contributed by atoms with Gasteiger partial charge in [0.25, 0.3) is 0 Å². The summed E-state index contributed by atoms with van der Waals surface area (Å²) in [6.07, 6.45) is 0. The number of fused-ring (bicyclic) bond motifs is 1. The molecule has 186 valence electrons. The van der Waals surface area contributed by atoms with Crippen molar-refractivity contribution in [3.05, 3.63) is 127 Å². The molecule has 0 spiro atoms. The Balaban J connectivity index is 1.37. The van der Waals surface area contributed by atoms with Crippen LogP contribution in [0.15, 0.2) is 121 Å². The molecule has 6 rings (SSSR count). The second-order valence-corrected chi connectivity index (χ2v) is 11.0. The van der Waals surface area contributed by atoms with E-state index in [4.69, 9.17) is 8.75 Å². The van der Waals surface area contributed by atoms with Crippen molar-refractivity contribution in [2.75, 3.05) is 4.90 Å². The van der Waals surface area contributed by atoms with Crippen molar-refractivity contribution in [1.82, 2.24) is 8.75 Å². The molecular weight excluding hydrogens is 482 g/mol. The summed E-state index contributed by atoms with van der Waals surface area (Å²) < 4.78 is 9.41. The van der Waals surface area contributed by atoms with Crippen LogP contribution < -0.4 is 4.90 Å². The van der Waals surface area contributed by atoms with Crippen LogP contribution in [0.5, 0.6) is 0 Å². The Labute approximate surface area is 228 Å². The first kappa shape index (κ1) is 24.1. The zero-order valence-corrected chi connectivity index (χ0v) is 22.6. The number of anilines is 3. The predicted molar refractivity (Wildman–Crippen MR) is 162 cm³/mol. The van der Waals surface area contributed by atoms with Crippen molar-refractivity contribution in [2.45, 2.75) is 26.2 Å². The number of para-hydroxylation sites is 2. The van der Waals surface area contributed by atoms with Gasteiger partial charge in [-0.25, -0.2) is 0 Å². The van der Waals surface area contributed by atoms with Crippen LogP contribution in [0.4, 0.5) is 17.1 Å². The van der Waals surface area contributed by atoms with E-state index in [2.05, 4.69) is 135 Å². The van der Waals surface area contributed by atoms with Crippen molar-refractivity contribution in [1.29, 1.82) is 0 Å². The van der Waals surface area contributed by atoms with Gasteiger partial charge in [-0.15, -0.1) is 0 Å². The van der Waals surface area contributed by atoms with Crippen molar-refractivity contribution < 1.29 is 0 Å². The van der Waals surface area contributed by atoms with Gasteiger partial charge in [-0.2, -0.15) is 8.75 Å². The minimum absolute atomic E-state index is 0.128. The van der Waals surface area contributed by atoms with E-state index in [0.717, 1.165) is 44.8 Å². The summed E-state index contributed by atoms with van der Waals surface area (Å²) >= 11 is 1.27. The zero-order chi connectivity index (χ0) is 26.1. The maximum atomic E-state index is 4.71. The topological polar surface area (TPSA) is 29.0 Å². The fourth-order valence-electron chi connectivity index (χ4n) is 4.87. The van der Waals surface area contributed by atoms with E-state index in [1.54, 1.807) is 0 Å². The van der Waals surface area contributed by atoms with Crippen LogP contribution in [0.3, 0.4) is 0 Å². The maximum absolute atomic E-state index is 4.71. The number of aromatic nitrogens is 2. The van der Waals surface area contributed by atoms with Crippen molar-refractivity contribution in [3.63, 3.8) is 0 Å². The summed E-state index contributed by atoms with van der Waals surface area (Å²) in [7, 11) is 0. The Morgan fingerprint density at radius 3 is 1.37 bits per heavy atom. The van der Waals surface area contributed by atoms with Crippen molar-refractivity contribution in [3.8, 4) is 22.3 Å². The summed E-state index contributed by atoms with van der Waals surface area (Å²) in [4.78, 5) is 2.27. The second kappa shape index (κ2) is 9.88. The first-order valence-corrected chi connectivity index (χ1v) is 13.6. The van der Waals surface area contributed by atoms with Gasteiger partial charge in [0.05, 0.1) is 11.7 Å². The lowest BCUT2D eigenvalue weighted by Crippen LogP contribution is -2.10. The van der Waals surface area contributed by atoms with Crippen LogP contribution in [0.1, 0.15) is 26.3 Å². The number of hydrogen-bond acceptors (Lipinski definition) is 4. The summed E-state index contributed by atoms with van der Waals surface area (Å²) in [5.41, 5.74) is 11.2. The largest absolute Gasteiger partial charge is 0.311 e. The molecule has 4 heteroatoms. The lowest BCUT2D eigenvalue weighted by atomic mass is 9.86. The van der Waals surface area contributed by atoms with Crippen LogP contribution in [0.25, 0.3) is 33.3 Å². The van der Waals surface area contributed by atoms with Crippen LogP contribution in [0.2, 0.25) is 0 Å². The molecular formula is C34H29N3S. The van der Waals surface area contributed by atoms with Gasteiger partial charge in [-0.1, -0.05) is 106 Å². The maximum Gasteiger partial charge on any atom is 0.113 e. The van der Waals surface area contributed by atoms with Crippen LogP contribution in [-0.2, 0) is 5.41 Å². The second-order valence-electron chi connectivity index (χ2n) is 10.5. The fraction of sp³-hybridized carbons (Fsp3) is 0.118. The molecule has 0 fully saturated rings. The van der Waals surface area contributed by atoms with E-state index in [-0.39, 0.29) is 5.41 Å². The van der Waals surface area contributed by atoms with Gasteiger partial charge >= 0.3 is 0 Å². The Morgan fingerprint density at radius 2 is 0.921 bits per heavy atom. The Kier molecular flexibility index (Phi) is 6.26. The first-order chi connectivity index (χ1) is 18.5. The third kappa shape index (κ3) is 4.59. The van der Waals surface area contributed by atoms with E-state index in [0.29, 0.717) is 0 Å². The number of nitrogens with zero attached hydrogens (tertiary/aromatic N) is 3. The normalized spacial score (nSPS) is 11.6. The molecule has 0 saturated carbocycles. The minimum Gasteiger partial charge on any atom is -0.311 e. The van der Waals surface area contributed by atoms with Gasteiger partial charge in [0.15, 0.2) is 0 Å². The number of hydrogen-bond donors (Lipinski definition) is 0. The lowest BCUT2D eigenvalue weighted by Gasteiger charge is -2.25. The van der Waals surface area contributed by atoms with Crippen LogP contribution >= 0.6 is 11.7 Å². The summed E-state index contributed by atoms with van der Waals surface area (Å²) in [6, 6.07) is 42.9. The molecule has 0 aliphatic carbocycles. The molecule has 5 aromatic carbocycles.